The van der Waals surface area contributed by atoms with Crippen LogP contribution >= 0.6 is 0 Å². The van der Waals surface area contributed by atoms with Gasteiger partial charge in [-0.15, -0.1) is 6.58 Å². The van der Waals surface area contributed by atoms with Gasteiger partial charge in [-0.1, -0.05) is 6.08 Å². The maximum atomic E-state index is 11.5. The lowest BCUT2D eigenvalue weighted by molar-refractivity contribution is -0.266. The number of ketones is 1. The highest BCUT2D eigenvalue weighted by molar-refractivity contribution is 5.82. The maximum Gasteiger partial charge on any atom is 0.168 e. The van der Waals surface area contributed by atoms with Crippen LogP contribution in [0.2, 0.25) is 0 Å². The molecule has 14 heavy (non-hydrogen) atoms. The van der Waals surface area contributed by atoms with Crippen molar-refractivity contribution in [1.82, 2.24) is 0 Å². The number of allylic oxidation sites excluding steroid dienone is 1. The van der Waals surface area contributed by atoms with E-state index in [1.807, 2.05) is 0 Å². The molecule has 1 aliphatic carbocycles. The lowest BCUT2D eigenvalue weighted by atomic mass is 9.75. The SMILES string of the molecule is C=CCCC(=O)C1CC(OC)(OC)C1. The molecule has 0 spiro atoms. The molecule has 0 unspecified atom stereocenters. The molecule has 1 aliphatic rings. The molecule has 0 radical (unpaired) electrons. The lowest BCUT2D eigenvalue weighted by Crippen LogP contribution is -2.49. The van der Waals surface area contributed by atoms with Crippen LogP contribution in [-0.2, 0) is 14.3 Å². The fraction of sp³-hybridized carbons (Fsp3) is 0.727. The zero-order valence-corrected chi connectivity index (χ0v) is 8.91. The topological polar surface area (TPSA) is 35.5 Å². The minimum atomic E-state index is -0.492. The van der Waals surface area contributed by atoms with E-state index in [0.717, 1.165) is 6.42 Å². The van der Waals surface area contributed by atoms with Crippen LogP contribution < -0.4 is 0 Å². The Kier molecular flexibility index (Phi) is 3.84. The van der Waals surface area contributed by atoms with Crippen molar-refractivity contribution in [1.29, 1.82) is 0 Å². The first-order valence-electron chi connectivity index (χ1n) is 4.91. The summed E-state index contributed by atoms with van der Waals surface area (Å²) >= 11 is 0. The minimum Gasteiger partial charge on any atom is -0.353 e. The van der Waals surface area contributed by atoms with E-state index < -0.39 is 5.79 Å². The highest BCUT2D eigenvalue weighted by Crippen LogP contribution is 2.42. The second kappa shape index (κ2) is 4.71. The van der Waals surface area contributed by atoms with Crippen LogP contribution in [-0.4, -0.2) is 25.8 Å². The number of Topliss-reactive ketones (excluding diaryl/α,β-unsaturated/α-hetero) is 1. The molecule has 0 aliphatic heterocycles. The summed E-state index contributed by atoms with van der Waals surface area (Å²) in [5, 5.41) is 0. The van der Waals surface area contributed by atoms with Crippen LogP contribution in [0.4, 0.5) is 0 Å². The largest absolute Gasteiger partial charge is 0.353 e. The third kappa shape index (κ3) is 2.22. The molecule has 1 rings (SSSR count). The number of carbonyl (C=O) groups excluding carboxylic acids is 1. The van der Waals surface area contributed by atoms with Crippen molar-refractivity contribution in [3.8, 4) is 0 Å². The van der Waals surface area contributed by atoms with Gasteiger partial charge in [0.1, 0.15) is 5.78 Å². The Morgan fingerprint density at radius 2 is 2.07 bits per heavy atom. The molecule has 0 heterocycles. The fourth-order valence-electron chi connectivity index (χ4n) is 1.78. The van der Waals surface area contributed by atoms with Crippen molar-refractivity contribution in [2.24, 2.45) is 5.92 Å². The number of methoxy groups -OCH3 is 2. The molecular weight excluding hydrogens is 180 g/mol. The summed E-state index contributed by atoms with van der Waals surface area (Å²) in [5.74, 6) is -0.0708. The molecule has 0 saturated heterocycles. The van der Waals surface area contributed by atoms with Crippen LogP contribution in [0.15, 0.2) is 12.7 Å². The van der Waals surface area contributed by atoms with Crippen LogP contribution in [0, 0.1) is 5.92 Å². The molecular formula is C11H18O3. The second-order valence-corrected chi connectivity index (χ2v) is 3.72. The van der Waals surface area contributed by atoms with Crippen molar-refractivity contribution >= 4 is 5.78 Å². The van der Waals surface area contributed by atoms with E-state index in [1.54, 1.807) is 20.3 Å². The highest BCUT2D eigenvalue weighted by Gasteiger charge is 2.47. The Balaban J connectivity index is 2.32. The second-order valence-electron chi connectivity index (χ2n) is 3.72. The molecule has 80 valence electrons. The maximum absolute atomic E-state index is 11.5. The monoisotopic (exact) mass is 198 g/mol. The highest BCUT2D eigenvalue weighted by atomic mass is 16.7. The van der Waals surface area contributed by atoms with E-state index in [0.29, 0.717) is 25.0 Å². The average Bonchev–Trinajstić information content (AvgIpc) is 2.14. The third-order valence-electron chi connectivity index (χ3n) is 2.91. The fourth-order valence-corrected chi connectivity index (χ4v) is 1.78. The molecule has 0 atom stereocenters. The summed E-state index contributed by atoms with van der Waals surface area (Å²) in [5.41, 5.74) is 0. The van der Waals surface area contributed by atoms with Gasteiger partial charge in [-0.3, -0.25) is 4.79 Å². The van der Waals surface area contributed by atoms with E-state index in [1.165, 1.54) is 0 Å². The van der Waals surface area contributed by atoms with Gasteiger partial charge in [0.25, 0.3) is 0 Å². The molecule has 0 amide bonds. The number of hydrogen-bond donors (Lipinski definition) is 0. The predicted octanol–water partition coefficient (Wildman–Crippen LogP) is 1.92. The van der Waals surface area contributed by atoms with Crippen LogP contribution in [0.3, 0.4) is 0 Å². The summed E-state index contributed by atoms with van der Waals surface area (Å²) in [6.07, 6.45) is 4.52. The summed E-state index contributed by atoms with van der Waals surface area (Å²) < 4.78 is 10.4. The van der Waals surface area contributed by atoms with Crippen LogP contribution in [0.1, 0.15) is 25.7 Å². The Hall–Kier alpha value is -0.670. The number of ether oxygens (including phenoxy) is 2. The number of hydrogen-bond acceptors (Lipinski definition) is 3. The summed E-state index contributed by atoms with van der Waals surface area (Å²) in [4.78, 5) is 11.5. The molecule has 0 aromatic rings. The van der Waals surface area contributed by atoms with Gasteiger partial charge >= 0.3 is 0 Å². The predicted molar refractivity (Wildman–Crippen MR) is 53.9 cm³/mol. The Labute approximate surface area is 85.1 Å². The normalized spacial score (nSPS) is 20.1. The number of carbonyl (C=O) groups is 1. The average molecular weight is 198 g/mol. The first-order valence-corrected chi connectivity index (χ1v) is 4.91. The van der Waals surface area contributed by atoms with Gasteiger partial charge < -0.3 is 9.47 Å². The van der Waals surface area contributed by atoms with Gasteiger partial charge in [0.05, 0.1) is 0 Å². The molecule has 1 fully saturated rings. The Bertz CT molecular complexity index is 211. The summed E-state index contributed by atoms with van der Waals surface area (Å²) in [6.45, 7) is 3.60. The van der Waals surface area contributed by atoms with E-state index >= 15 is 0 Å². The van der Waals surface area contributed by atoms with Crippen molar-refractivity contribution in [2.45, 2.75) is 31.5 Å². The first-order chi connectivity index (χ1) is 6.67. The smallest absolute Gasteiger partial charge is 0.168 e. The summed E-state index contributed by atoms with van der Waals surface area (Å²) in [6, 6.07) is 0. The Morgan fingerprint density at radius 3 is 2.50 bits per heavy atom. The van der Waals surface area contributed by atoms with Gasteiger partial charge in [0.15, 0.2) is 5.79 Å². The first kappa shape index (κ1) is 11.4. The molecule has 1 saturated carbocycles. The van der Waals surface area contributed by atoms with E-state index in [-0.39, 0.29) is 5.92 Å². The van der Waals surface area contributed by atoms with E-state index in [4.69, 9.17) is 9.47 Å². The van der Waals surface area contributed by atoms with E-state index in [2.05, 4.69) is 6.58 Å². The quantitative estimate of drug-likeness (QED) is 0.483. The zero-order valence-electron chi connectivity index (χ0n) is 8.91. The summed E-state index contributed by atoms with van der Waals surface area (Å²) in [7, 11) is 3.24. The van der Waals surface area contributed by atoms with Crippen molar-refractivity contribution in [2.75, 3.05) is 14.2 Å². The zero-order chi connectivity index (χ0) is 10.6. The minimum absolute atomic E-state index is 0.120. The van der Waals surface area contributed by atoms with E-state index in [9.17, 15) is 4.79 Å². The standard InChI is InChI=1S/C11H18O3/c1-4-5-6-10(12)9-7-11(8-9,13-2)14-3/h4,9H,1,5-8H2,2-3H3. The van der Waals surface area contributed by atoms with Crippen molar-refractivity contribution < 1.29 is 14.3 Å². The van der Waals surface area contributed by atoms with Crippen LogP contribution in [0.5, 0.6) is 0 Å². The lowest BCUT2D eigenvalue weighted by Gasteiger charge is -2.44. The van der Waals surface area contributed by atoms with Gasteiger partial charge in [-0.25, -0.2) is 0 Å². The molecule has 3 heteroatoms. The van der Waals surface area contributed by atoms with Gasteiger partial charge in [-0.05, 0) is 6.42 Å². The molecule has 3 nitrogen and oxygen atoms in total. The third-order valence-corrected chi connectivity index (χ3v) is 2.91. The van der Waals surface area contributed by atoms with Crippen molar-refractivity contribution in [3.63, 3.8) is 0 Å². The molecule has 0 aromatic heterocycles. The van der Waals surface area contributed by atoms with Gasteiger partial charge in [0.2, 0.25) is 0 Å². The number of rotatable bonds is 6. The van der Waals surface area contributed by atoms with Gasteiger partial charge in [-0.2, -0.15) is 0 Å². The molecule has 0 N–H and O–H groups in total. The Morgan fingerprint density at radius 1 is 1.50 bits per heavy atom. The van der Waals surface area contributed by atoms with Crippen molar-refractivity contribution in [3.05, 3.63) is 12.7 Å². The molecule has 0 aromatic carbocycles. The van der Waals surface area contributed by atoms with Crippen LogP contribution in [0.25, 0.3) is 0 Å². The van der Waals surface area contributed by atoms with Gasteiger partial charge in [0, 0.05) is 39.4 Å². The molecule has 0 bridgehead atoms.